The topological polar surface area (TPSA) is 47.6 Å². The van der Waals surface area contributed by atoms with Crippen molar-refractivity contribution < 1.29 is 14.3 Å². The van der Waals surface area contributed by atoms with Crippen LogP contribution in [0.5, 0.6) is 11.5 Å². The Bertz CT molecular complexity index is 673. The first-order chi connectivity index (χ1) is 10.5. The SMILES string of the molecule is COc1ccc(Cl)cc1NC(=O)[C@H](C)Oc1cccc(C)c1. The van der Waals surface area contributed by atoms with E-state index in [0.29, 0.717) is 22.2 Å². The molecule has 1 N–H and O–H groups in total. The molecule has 0 saturated carbocycles. The van der Waals surface area contributed by atoms with Gasteiger partial charge in [0.15, 0.2) is 6.10 Å². The van der Waals surface area contributed by atoms with Crippen molar-refractivity contribution in [3.63, 3.8) is 0 Å². The summed E-state index contributed by atoms with van der Waals surface area (Å²) in [5.74, 6) is 0.920. The van der Waals surface area contributed by atoms with Gasteiger partial charge in [0, 0.05) is 5.02 Å². The molecule has 1 amide bonds. The molecule has 2 rings (SSSR count). The van der Waals surface area contributed by atoms with Gasteiger partial charge in [-0.15, -0.1) is 0 Å². The zero-order valence-corrected chi connectivity index (χ0v) is 13.5. The molecule has 2 aromatic carbocycles. The first-order valence-corrected chi connectivity index (χ1v) is 7.25. The summed E-state index contributed by atoms with van der Waals surface area (Å²) in [6.07, 6.45) is -0.648. The van der Waals surface area contributed by atoms with E-state index in [1.54, 1.807) is 25.1 Å². The predicted molar refractivity (Wildman–Crippen MR) is 87.9 cm³/mol. The van der Waals surface area contributed by atoms with Gasteiger partial charge in [0.1, 0.15) is 11.5 Å². The summed E-state index contributed by atoms with van der Waals surface area (Å²) in [5.41, 5.74) is 1.58. The van der Waals surface area contributed by atoms with Gasteiger partial charge in [0.2, 0.25) is 0 Å². The number of benzene rings is 2. The maximum absolute atomic E-state index is 12.2. The third-order valence-corrected chi connectivity index (χ3v) is 3.33. The van der Waals surface area contributed by atoms with E-state index in [9.17, 15) is 4.79 Å². The summed E-state index contributed by atoms with van der Waals surface area (Å²) in [6.45, 7) is 3.66. The molecule has 0 bridgehead atoms. The van der Waals surface area contributed by atoms with E-state index in [-0.39, 0.29) is 5.91 Å². The summed E-state index contributed by atoms with van der Waals surface area (Å²) in [4.78, 5) is 12.2. The zero-order chi connectivity index (χ0) is 16.1. The Balaban J connectivity index is 2.07. The van der Waals surface area contributed by atoms with Crippen LogP contribution in [0.1, 0.15) is 12.5 Å². The van der Waals surface area contributed by atoms with Gasteiger partial charge in [-0.2, -0.15) is 0 Å². The second kappa shape index (κ2) is 7.18. The van der Waals surface area contributed by atoms with Gasteiger partial charge in [-0.05, 0) is 49.7 Å². The Morgan fingerprint density at radius 3 is 2.68 bits per heavy atom. The lowest BCUT2D eigenvalue weighted by atomic mass is 10.2. The summed E-state index contributed by atoms with van der Waals surface area (Å²) in [7, 11) is 1.53. The summed E-state index contributed by atoms with van der Waals surface area (Å²) in [6, 6.07) is 12.6. The fourth-order valence-corrected chi connectivity index (χ4v) is 2.13. The molecule has 5 heteroatoms. The lowest BCUT2D eigenvalue weighted by Crippen LogP contribution is -2.30. The average Bonchev–Trinajstić information content (AvgIpc) is 2.47. The monoisotopic (exact) mass is 319 g/mol. The molecule has 116 valence electrons. The minimum absolute atomic E-state index is 0.276. The first-order valence-electron chi connectivity index (χ1n) is 6.87. The molecular weight excluding hydrogens is 302 g/mol. The van der Waals surface area contributed by atoms with E-state index >= 15 is 0 Å². The molecular formula is C17H18ClNO3. The van der Waals surface area contributed by atoms with Gasteiger partial charge in [-0.1, -0.05) is 23.7 Å². The van der Waals surface area contributed by atoms with Gasteiger partial charge < -0.3 is 14.8 Å². The molecule has 0 spiro atoms. The molecule has 2 aromatic rings. The van der Waals surface area contributed by atoms with Crippen LogP contribution < -0.4 is 14.8 Å². The molecule has 4 nitrogen and oxygen atoms in total. The van der Waals surface area contributed by atoms with E-state index in [1.807, 2.05) is 31.2 Å². The highest BCUT2D eigenvalue weighted by Crippen LogP contribution is 2.28. The van der Waals surface area contributed by atoms with Crippen LogP contribution in [-0.4, -0.2) is 19.1 Å². The maximum atomic E-state index is 12.2. The summed E-state index contributed by atoms with van der Waals surface area (Å²) >= 11 is 5.95. The Labute approximate surface area is 135 Å². The number of carbonyl (C=O) groups excluding carboxylic acids is 1. The third-order valence-electron chi connectivity index (χ3n) is 3.09. The number of halogens is 1. The third kappa shape index (κ3) is 4.15. The Hall–Kier alpha value is -2.20. The summed E-state index contributed by atoms with van der Waals surface area (Å²) < 4.78 is 10.8. The molecule has 0 aliphatic carbocycles. The van der Waals surface area contributed by atoms with Gasteiger partial charge in [-0.25, -0.2) is 0 Å². The van der Waals surface area contributed by atoms with Crippen LogP contribution in [0.15, 0.2) is 42.5 Å². The maximum Gasteiger partial charge on any atom is 0.265 e. The van der Waals surface area contributed by atoms with Crippen molar-refractivity contribution in [2.24, 2.45) is 0 Å². The number of nitrogens with one attached hydrogen (secondary N) is 1. The molecule has 0 fully saturated rings. The van der Waals surface area contributed by atoms with Crippen LogP contribution in [0.2, 0.25) is 5.02 Å². The van der Waals surface area contributed by atoms with Gasteiger partial charge >= 0.3 is 0 Å². The van der Waals surface area contributed by atoms with Crippen LogP contribution in [-0.2, 0) is 4.79 Å². The van der Waals surface area contributed by atoms with E-state index < -0.39 is 6.10 Å². The van der Waals surface area contributed by atoms with E-state index in [2.05, 4.69) is 5.32 Å². The van der Waals surface area contributed by atoms with Crippen LogP contribution in [0, 0.1) is 6.92 Å². The molecule has 0 aliphatic rings. The molecule has 0 saturated heterocycles. The van der Waals surface area contributed by atoms with Crippen molar-refractivity contribution in [3.05, 3.63) is 53.1 Å². The normalized spacial score (nSPS) is 11.6. The van der Waals surface area contributed by atoms with Crippen LogP contribution in [0.25, 0.3) is 0 Å². The number of rotatable bonds is 5. The van der Waals surface area contributed by atoms with Crippen molar-refractivity contribution in [3.8, 4) is 11.5 Å². The fraction of sp³-hybridized carbons (Fsp3) is 0.235. The lowest BCUT2D eigenvalue weighted by Gasteiger charge is -2.16. The lowest BCUT2D eigenvalue weighted by molar-refractivity contribution is -0.122. The van der Waals surface area contributed by atoms with Crippen molar-refractivity contribution in [1.29, 1.82) is 0 Å². The van der Waals surface area contributed by atoms with Crippen molar-refractivity contribution in [1.82, 2.24) is 0 Å². The zero-order valence-electron chi connectivity index (χ0n) is 12.7. The van der Waals surface area contributed by atoms with Crippen molar-refractivity contribution in [2.45, 2.75) is 20.0 Å². The van der Waals surface area contributed by atoms with E-state index in [0.717, 1.165) is 5.56 Å². The number of aryl methyl sites for hydroxylation is 1. The highest BCUT2D eigenvalue weighted by atomic mass is 35.5. The smallest absolute Gasteiger partial charge is 0.265 e. The quantitative estimate of drug-likeness (QED) is 0.904. The molecule has 22 heavy (non-hydrogen) atoms. The minimum Gasteiger partial charge on any atom is -0.495 e. The number of carbonyl (C=O) groups is 1. The van der Waals surface area contributed by atoms with Crippen LogP contribution in [0.3, 0.4) is 0 Å². The molecule has 0 aliphatic heterocycles. The Kier molecular flexibility index (Phi) is 5.28. The standard InChI is InChI=1S/C17H18ClNO3/c1-11-5-4-6-14(9-11)22-12(2)17(20)19-15-10-13(18)7-8-16(15)21-3/h4-10,12H,1-3H3,(H,19,20)/t12-/m0/s1. The Morgan fingerprint density at radius 2 is 2.00 bits per heavy atom. The van der Waals surface area contributed by atoms with Crippen molar-refractivity contribution in [2.75, 3.05) is 12.4 Å². The van der Waals surface area contributed by atoms with E-state index in [1.165, 1.54) is 7.11 Å². The Morgan fingerprint density at radius 1 is 1.23 bits per heavy atom. The van der Waals surface area contributed by atoms with Crippen molar-refractivity contribution >= 4 is 23.2 Å². The average molecular weight is 320 g/mol. The second-order valence-corrected chi connectivity index (χ2v) is 5.35. The first kappa shape index (κ1) is 16.2. The van der Waals surface area contributed by atoms with Crippen LogP contribution in [0.4, 0.5) is 5.69 Å². The molecule has 0 heterocycles. The second-order valence-electron chi connectivity index (χ2n) is 4.91. The highest BCUT2D eigenvalue weighted by Gasteiger charge is 2.17. The fourth-order valence-electron chi connectivity index (χ4n) is 1.96. The van der Waals surface area contributed by atoms with Gasteiger partial charge in [0.25, 0.3) is 5.91 Å². The molecule has 1 atom stereocenters. The number of methoxy groups -OCH3 is 1. The highest BCUT2D eigenvalue weighted by molar-refractivity contribution is 6.31. The van der Waals surface area contributed by atoms with Gasteiger partial charge in [-0.3, -0.25) is 4.79 Å². The molecule has 0 aromatic heterocycles. The summed E-state index contributed by atoms with van der Waals surface area (Å²) in [5, 5.41) is 3.28. The number of amides is 1. The number of hydrogen-bond donors (Lipinski definition) is 1. The molecule has 0 radical (unpaired) electrons. The van der Waals surface area contributed by atoms with E-state index in [4.69, 9.17) is 21.1 Å². The van der Waals surface area contributed by atoms with Crippen LogP contribution >= 0.6 is 11.6 Å². The van der Waals surface area contributed by atoms with Gasteiger partial charge in [0.05, 0.1) is 12.8 Å². The molecule has 0 unspecified atom stereocenters. The minimum atomic E-state index is -0.648. The predicted octanol–water partition coefficient (Wildman–Crippen LogP) is 4.06. The number of hydrogen-bond acceptors (Lipinski definition) is 3. The number of anilines is 1. The largest absolute Gasteiger partial charge is 0.495 e. The number of ether oxygens (including phenoxy) is 2.